The Morgan fingerprint density at radius 2 is 1.83 bits per heavy atom. The average molecular weight is 327 g/mol. The van der Waals surface area contributed by atoms with Gasteiger partial charge in [-0.05, 0) is 43.3 Å². The highest BCUT2D eigenvalue weighted by atomic mass is 16.5. The molecule has 1 atom stereocenters. The van der Waals surface area contributed by atoms with Gasteiger partial charge in [-0.15, -0.1) is 0 Å². The number of benzene rings is 2. The summed E-state index contributed by atoms with van der Waals surface area (Å²) in [5, 5.41) is 2.80. The Morgan fingerprint density at radius 3 is 2.46 bits per heavy atom. The first-order valence-electron chi connectivity index (χ1n) is 7.58. The molecule has 5 nitrogen and oxygen atoms in total. The second-order valence-corrected chi connectivity index (χ2v) is 5.02. The van der Waals surface area contributed by atoms with Gasteiger partial charge in [0.15, 0.2) is 17.6 Å². The van der Waals surface area contributed by atoms with E-state index in [4.69, 9.17) is 14.2 Å². The van der Waals surface area contributed by atoms with Crippen LogP contribution in [0.1, 0.15) is 6.92 Å². The van der Waals surface area contributed by atoms with Crippen LogP contribution in [0.2, 0.25) is 0 Å². The third-order valence-electron chi connectivity index (χ3n) is 3.23. The van der Waals surface area contributed by atoms with Gasteiger partial charge in [0.2, 0.25) is 0 Å². The van der Waals surface area contributed by atoms with E-state index in [0.29, 0.717) is 29.5 Å². The summed E-state index contributed by atoms with van der Waals surface area (Å²) < 4.78 is 16.3. The SMILES string of the molecule is C=CCOc1ccc(NC(=O)[C@H](C)Oc2ccccc2OC)cc1. The van der Waals surface area contributed by atoms with Gasteiger partial charge in [0.25, 0.3) is 5.91 Å². The molecular weight excluding hydrogens is 306 g/mol. The lowest BCUT2D eigenvalue weighted by Crippen LogP contribution is -2.30. The van der Waals surface area contributed by atoms with E-state index in [1.807, 2.05) is 12.1 Å². The number of hydrogen-bond acceptors (Lipinski definition) is 4. The Hall–Kier alpha value is -2.95. The number of para-hydroxylation sites is 2. The van der Waals surface area contributed by atoms with E-state index < -0.39 is 6.10 Å². The standard InChI is InChI=1S/C19H21NO4/c1-4-13-23-16-11-9-15(10-12-16)20-19(21)14(2)24-18-8-6-5-7-17(18)22-3/h4-12,14H,1,13H2,2-3H3,(H,20,21)/t14-/m0/s1. The number of carbonyl (C=O) groups excluding carboxylic acids is 1. The highest BCUT2D eigenvalue weighted by molar-refractivity contribution is 5.94. The quantitative estimate of drug-likeness (QED) is 0.752. The minimum Gasteiger partial charge on any atom is -0.493 e. The van der Waals surface area contributed by atoms with Crippen LogP contribution in [0.4, 0.5) is 5.69 Å². The Kier molecular flexibility index (Phi) is 6.25. The van der Waals surface area contributed by atoms with Crippen molar-refractivity contribution in [3.8, 4) is 17.2 Å². The van der Waals surface area contributed by atoms with Gasteiger partial charge in [-0.1, -0.05) is 24.8 Å². The topological polar surface area (TPSA) is 56.8 Å². The maximum atomic E-state index is 12.3. The monoisotopic (exact) mass is 327 g/mol. The molecule has 0 radical (unpaired) electrons. The zero-order chi connectivity index (χ0) is 17.4. The van der Waals surface area contributed by atoms with Crippen LogP contribution in [0.15, 0.2) is 61.2 Å². The third-order valence-corrected chi connectivity index (χ3v) is 3.23. The molecule has 1 amide bonds. The molecule has 0 aliphatic rings. The van der Waals surface area contributed by atoms with Crippen LogP contribution >= 0.6 is 0 Å². The molecule has 2 rings (SSSR count). The van der Waals surface area contributed by atoms with Crippen molar-refractivity contribution in [3.05, 3.63) is 61.2 Å². The molecule has 1 N–H and O–H groups in total. The van der Waals surface area contributed by atoms with Gasteiger partial charge >= 0.3 is 0 Å². The average Bonchev–Trinajstić information content (AvgIpc) is 2.61. The molecule has 0 aliphatic carbocycles. The van der Waals surface area contributed by atoms with Crippen molar-refractivity contribution in [1.29, 1.82) is 0 Å². The van der Waals surface area contributed by atoms with Crippen molar-refractivity contribution in [2.75, 3.05) is 19.0 Å². The number of methoxy groups -OCH3 is 1. The molecule has 0 unspecified atom stereocenters. The normalized spacial score (nSPS) is 11.2. The van der Waals surface area contributed by atoms with Crippen LogP contribution in [0.5, 0.6) is 17.2 Å². The molecule has 0 aromatic heterocycles. The lowest BCUT2D eigenvalue weighted by molar-refractivity contribution is -0.122. The zero-order valence-electron chi connectivity index (χ0n) is 13.8. The maximum absolute atomic E-state index is 12.3. The second-order valence-electron chi connectivity index (χ2n) is 5.02. The lowest BCUT2D eigenvalue weighted by Gasteiger charge is -2.16. The molecule has 24 heavy (non-hydrogen) atoms. The van der Waals surface area contributed by atoms with Gasteiger partial charge in [-0.3, -0.25) is 4.79 Å². The van der Waals surface area contributed by atoms with Crippen LogP contribution in [-0.2, 0) is 4.79 Å². The minimum atomic E-state index is -0.669. The van der Waals surface area contributed by atoms with E-state index in [0.717, 1.165) is 0 Å². The summed E-state index contributed by atoms with van der Waals surface area (Å²) in [6.45, 7) is 5.72. The van der Waals surface area contributed by atoms with E-state index in [1.165, 1.54) is 0 Å². The number of hydrogen-bond donors (Lipinski definition) is 1. The van der Waals surface area contributed by atoms with Crippen molar-refractivity contribution in [2.24, 2.45) is 0 Å². The Bertz CT molecular complexity index is 682. The predicted molar refractivity (Wildman–Crippen MR) is 93.8 cm³/mol. The molecule has 126 valence electrons. The van der Waals surface area contributed by atoms with Crippen molar-refractivity contribution in [1.82, 2.24) is 0 Å². The predicted octanol–water partition coefficient (Wildman–Crippen LogP) is 3.67. The molecule has 2 aromatic carbocycles. The van der Waals surface area contributed by atoms with Crippen LogP contribution in [0.25, 0.3) is 0 Å². The van der Waals surface area contributed by atoms with Gasteiger partial charge in [0, 0.05) is 5.69 Å². The fraction of sp³-hybridized carbons (Fsp3) is 0.211. The van der Waals surface area contributed by atoms with Crippen molar-refractivity contribution < 1.29 is 19.0 Å². The molecule has 5 heteroatoms. The molecular formula is C19H21NO4. The molecule has 0 bridgehead atoms. The van der Waals surface area contributed by atoms with E-state index in [2.05, 4.69) is 11.9 Å². The van der Waals surface area contributed by atoms with Crippen molar-refractivity contribution in [2.45, 2.75) is 13.0 Å². The van der Waals surface area contributed by atoms with Crippen LogP contribution in [0, 0.1) is 0 Å². The fourth-order valence-corrected chi connectivity index (χ4v) is 1.99. The molecule has 0 saturated carbocycles. The zero-order valence-corrected chi connectivity index (χ0v) is 13.8. The number of nitrogens with one attached hydrogen (secondary N) is 1. The van der Waals surface area contributed by atoms with E-state index in [1.54, 1.807) is 56.5 Å². The second kappa shape index (κ2) is 8.62. The smallest absolute Gasteiger partial charge is 0.265 e. The van der Waals surface area contributed by atoms with Gasteiger partial charge in [0.1, 0.15) is 12.4 Å². The number of carbonyl (C=O) groups is 1. The summed E-state index contributed by atoms with van der Waals surface area (Å²) in [5.74, 6) is 1.57. The summed E-state index contributed by atoms with van der Waals surface area (Å²) in [7, 11) is 1.56. The summed E-state index contributed by atoms with van der Waals surface area (Å²) in [6.07, 6.45) is 1.00. The summed E-state index contributed by atoms with van der Waals surface area (Å²) >= 11 is 0. The molecule has 0 heterocycles. The van der Waals surface area contributed by atoms with E-state index in [-0.39, 0.29) is 5.91 Å². The Balaban J connectivity index is 1.94. The largest absolute Gasteiger partial charge is 0.493 e. The Labute approximate surface area is 141 Å². The van der Waals surface area contributed by atoms with Gasteiger partial charge in [0.05, 0.1) is 7.11 Å². The molecule has 0 fully saturated rings. The molecule has 0 spiro atoms. The minimum absolute atomic E-state index is 0.249. The van der Waals surface area contributed by atoms with Crippen LogP contribution in [-0.4, -0.2) is 25.7 Å². The third kappa shape index (κ3) is 4.78. The van der Waals surface area contributed by atoms with E-state index in [9.17, 15) is 4.79 Å². The Morgan fingerprint density at radius 1 is 1.17 bits per heavy atom. The summed E-state index contributed by atoms with van der Waals surface area (Å²) in [5.41, 5.74) is 0.668. The first-order chi connectivity index (χ1) is 11.6. The van der Waals surface area contributed by atoms with Gasteiger partial charge in [-0.25, -0.2) is 0 Å². The highest BCUT2D eigenvalue weighted by Crippen LogP contribution is 2.27. The lowest BCUT2D eigenvalue weighted by atomic mass is 10.2. The highest BCUT2D eigenvalue weighted by Gasteiger charge is 2.16. The number of rotatable bonds is 8. The van der Waals surface area contributed by atoms with Gasteiger partial charge < -0.3 is 19.5 Å². The van der Waals surface area contributed by atoms with E-state index >= 15 is 0 Å². The number of anilines is 1. The maximum Gasteiger partial charge on any atom is 0.265 e. The number of amides is 1. The molecule has 0 saturated heterocycles. The summed E-state index contributed by atoms with van der Waals surface area (Å²) in [4.78, 5) is 12.3. The van der Waals surface area contributed by atoms with Gasteiger partial charge in [-0.2, -0.15) is 0 Å². The summed E-state index contributed by atoms with van der Waals surface area (Å²) in [6, 6.07) is 14.3. The van der Waals surface area contributed by atoms with Crippen molar-refractivity contribution in [3.63, 3.8) is 0 Å². The molecule has 0 aliphatic heterocycles. The first-order valence-corrected chi connectivity index (χ1v) is 7.58. The fourth-order valence-electron chi connectivity index (χ4n) is 1.99. The first kappa shape index (κ1) is 17.4. The molecule has 2 aromatic rings. The van der Waals surface area contributed by atoms with Crippen LogP contribution < -0.4 is 19.5 Å². The van der Waals surface area contributed by atoms with Crippen molar-refractivity contribution >= 4 is 11.6 Å². The number of ether oxygens (including phenoxy) is 3. The van der Waals surface area contributed by atoms with Crippen LogP contribution in [0.3, 0.4) is 0 Å².